The van der Waals surface area contributed by atoms with Crippen LogP contribution in [-0.4, -0.2) is 9.55 Å². The predicted molar refractivity (Wildman–Crippen MR) is 76.2 cm³/mol. The molecule has 0 unspecified atom stereocenters. The maximum atomic E-state index is 12.0. The highest BCUT2D eigenvalue weighted by Crippen LogP contribution is 2.07. The molecule has 0 aliphatic carbocycles. The lowest BCUT2D eigenvalue weighted by atomic mass is 10.1. The molecule has 0 fully saturated rings. The van der Waals surface area contributed by atoms with Crippen molar-refractivity contribution in [2.45, 2.75) is 13.5 Å². The van der Waals surface area contributed by atoms with Gasteiger partial charge in [-0.2, -0.15) is 5.26 Å². The van der Waals surface area contributed by atoms with Crippen LogP contribution < -0.4 is 5.56 Å². The van der Waals surface area contributed by atoms with E-state index in [9.17, 15) is 4.79 Å². The van der Waals surface area contributed by atoms with E-state index in [0.29, 0.717) is 15.7 Å². The Labute approximate surface area is 118 Å². The molecule has 0 bridgehead atoms. The number of hydrogen-bond donors (Lipinski definition) is 0. The van der Waals surface area contributed by atoms with E-state index in [0.717, 1.165) is 11.3 Å². The van der Waals surface area contributed by atoms with Crippen molar-refractivity contribution in [3.8, 4) is 6.07 Å². The Balaban J connectivity index is 2.38. The van der Waals surface area contributed by atoms with Gasteiger partial charge in [0, 0.05) is 0 Å². The van der Waals surface area contributed by atoms with Crippen molar-refractivity contribution < 1.29 is 0 Å². The van der Waals surface area contributed by atoms with Crippen molar-refractivity contribution in [1.29, 1.82) is 5.26 Å². The zero-order chi connectivity index (χ0) is 13.1. The maximum absolute atomic E-state index is 12.0. The average molecular weight is 351 g/mol. The summed E-state index contributed by atoms with van der Waals surface area (Å²) in [4.78, 5) is 16.2. The molecule has 0 radical (unpaired) electrons. The first-order valence-electron chi connectivity index (χ1n) is 5.32. The molecule has 2 aromatic rings. The lowest BCUT2D eigenvalue weighted by Gasteiger charge is -2.07. The number of rotatable bonds is 2. The molecule has 0 spiro atoms. The smallest absolute Gasteiger partial charge is 0.267 e. The van der Waals surface area contributed by atoms with E-state index in [1.54, 1.807) is 23.0 Å². The molecule has 1 aromatic heterocycles. The normalized spacial score (nSPS) is 10.1. The molecule has 4 nitrogen and oxygen atoms in total. The zero-order valence-corrected chi connectivity index (χ0v) is 11.9. The van der Waals surface area contributed by atoms with Crippen molar-refractivity contribution in [3.63, 3.8) is 0 Å². The van der Waals surface area contributed by atoms with E-state index in [1.807, 2.05) is 41.6 Å². The van der Waals surface area contributed by atoms with E-state index < -0.39 is 0 Å². The van der Waals surface area contributed by atoms with Crippen molar-refractivity contribution in [2.75, 3.05) is 0 Å². The number of nitriles is 1. The second-order valence-corrected chi connectivity index (χ2v) is 4.97. The van der Waals surface area contributed by atoms with Crippen LogP contribution >= 0.6 is 22.6 Å². The molecule has 18 heavy (non-hydrogen) atoms. The molecule has 5 heteroatoms. The minimum Gasteiger partial charge on any atom is -0.294 e. The summed E-state index contributed by atoms with van der Waals surface area (Å²) in [5.41, 5.74) is 2.20. The van der Waals surface area contributed by atoms with E-state index in [4.69, 9.17) is 5.26 Å². The van der Waals surface area contributed by atoms with Crippen LogP contribution in [0.1, 0.15) is 16.8 Å². The second-order valence-electron chi connectivity index (χ2n) is 3.89. The van der Waals surface area contributed by atoms with Gasteiger partial charge >= 0.3 is 0 Å². The molecule has 0 saturated heterocycles. The molecule has 0 N–H and O–H groups in total. The van der Waals surface area contributed by atoms with E-state index >= 15 is 0 Å². The molecule has 2 rings (SSSR count). The Morgan fingerprint density at radius 3 is 3.00 bits per heavy atom. The third-order valence-electron chi connectivity index (χ3n) is 2.57. The topological polar surface area (TPSA) is 58.7 Å². The summed E-state index contributed by atoms with van der Waals surface area (Å²) in [6.45, 7) is 2.24. The summed E-state index contributed by atoms with van der Waals surface area (Å²) in [6, 6.07) is 9.30. The van der Waals surface area contributed by atoms with Gasteiger partial charge in [-0.25, -0.2) is 4.98 Å². The van der Waals surface area contributed by atoms with Crippen molar-refractivity contribution in [2.24, 2.45) is 0 Å². The van der Waals surface area contributed by atoms with Gasteiger partial charge in [0.15, 0.2) is 0 Å². The van der Waals surface area contributed by atoms with Crippen LogP contribution in [0.15, 0.2) is 35.4 Å². The van der Waals surface area contributed by atoms with Crippen LogP contribution in [0, 0.1) is 21.8 Å². The third kappa shape index (κ3) is 2.59. The molecule has 90 valence electrons. The Morgan fingerprint density at radius 2 is 2.28 bits per heavy atom. The quantitative estimate of drug-likeness (QED) is 0.779. The fourth-order valence-corrected chi connectivity index (χ4v) is 2.04. The molecular weight excluding hydrogens is 341 g/mol. The van der Waals surface area contributed by atoms with Gasteiger partial charge in [-0.15, -0.1) is 0 Å². The van der Waals surface area contributed by atoms with Crippen LogP contribution in [0.3, 0.4) is 0 Å². The van der Waals surface area contributed by atoms with Crippen LogP contribution in [0.4, 0.5) is 0 Å². The van der Waals surface area contributed by atoms with Crippen LogP contribution in [0.5, 0.6) is 0 Å². The van der Waals surface area contributed by atoms with Gasteiger partial charge in [-0.05, 0) is 47.2 Å². The van der Waals surface area contributed by atoms with Crippen LogP contribution in [0.25, 0.3) is 0 Å². The van der Waals surface area contributed by atoms with E-state index in [-0.39, 0.29) is 5.56 Å². The van der Waals surface area contributed by atoms with Gasteiger partial charge in [-0.3, -0.25) is 9.36 Å². The van der Waals surface area contributed by atoms with Gasteiger partial charge < -0.3 is 0 Å². The van der Waals surface area contributed by atoms with E-state index in [2.05, 4.69) is 11.1 Å². The van der Waals surface area contributed by atoms with Crippen molar-refractivity contribution in [1.82, 2.24) is 9.55 Å². The monoisotopic (exact) mass is 351 g/mol. The highest BCUT2D eigenvalue weighted by molar-refractivity contribution is 14.1. The first kappa shape index (κ1) is 12.8. The number of benzene rings is 1. The first-order chi connectivity index (χ1) is 8.61. The molecule has 0 saturated carbocycles. The Hall–Kier alpha value is -1.68. The molecular formula is C13H10IN3O. The van der Waals surface area contributed by atoms with Crippen molar-refractivity contribution >= 4 is 22.6 Å². The standard InChI is InChI=1S/C13H10IN3O/c1-9-12(14)13(18)17(8-16-9)7-11-4-2-3-10(5-11)6-15/h2-5,8H,7H2,1H3. The van der Waals surface area contributed by atoms with Gasteiger partial charge in [0.05, 0.1) is 33.8 Å². The highest BCUT2D eigenvalue weighted by atomic mass is 127. The summed E-state index contributed by atoms with van der Waals surface area (Å²) < 4.78 is 2.18. The number of aromatic nitrogens is 2. The molecule has 1 heterocycles. The molecule has 0 aliphatic heterocycles. The number of aryl methyl sites for hydroxylation is 1. The van der Waals surface area contributed by atoms with Gasteiger partial charge in [-0.1, -0.05) is 12.1 Å². The summed E-state index contributed by atoms with van der Waals surface area (Å²) in [6.07, 6.45) is 1.54. The lowest BCUT2D eigenvalue weighted by Crippen LogP contribution is -2.24. The number of nitrogens with zero attached hydrogens (tertiary/aromatic N) is 3. The Morgan fingerprint density at radius 1 is 1.50 bits per heavy atom. The first-order valence-corrected chi connectivity index (χ1v) is 6.40. The van der Waals surface area contributed by atoms with Gasteiger partial charge in [0.25, 0.3) is 5.56 Å². The number of hydrogen-bond acceptors (Lipinski definition) is 3. The van der Waals surface area contributed by atoms with Crippen LogP contribution in [0.2, 0.25) is 0 Å². The van der Waals surface area contributed by atoms with Crippen molar-refractivity contribution in [3.05, 3.63) is 61.3 Å². The summed E-state index contributed by atoms with van der Waals surface area (Å²) in [5, 5.41) is 8.83. The second kappa shape index (κ2) is 5.31. The summed E-state index contributed by atoms with van der Waals surface area (Å²) >= 11 is 2.00. The predicted octanol–water partition coefficient (Wildman–Crippen LogP) is 2.08. The SMILES string of the molecule is Cc1ncn(Cc2cccc(C#N)c2)c(=O)c1I. The van der Waals surface area contributed by atoms with E-state index in [1.165, 1.54) is 0 Å². The number of halogens is 1. The Bertz CT molecular complexity index is 685. The lowest BCUT2D eigenvalue weighted by molar-refractivity contribution is 0.723. The summed E-state index contributed by atoms with van der Waals surface area (Å²) in [5.74, 6) is 0. The molecule has 0 amide bonds. The van der Waals surface area contributed by atoms with Gasteiger partial charge in [0.1, 0.15) is 0 Å². The maximum Gasteiger partial charge on any atom is 0.267 e. The highest BCUT2D eigenvalue weighted by Gasteiger charge is 2.06. The minimum atomic E-state index is -0.0505. The van der Waals surface area contributed by atoms with Gasteiger partial charge in [0.2, 0.25) is 0 Å². The Kier molecular flexibility index (Phi) is 3.77. The molecule has 1 aromatic carbocycles. The zero-order valence-electron chi connectivity index (χ0n) is 9.72. The fourth-order valence-electron chi connectivity index (χ4n) is 1.59. The minimum absolute atomic E-state index is 0.0505. The fraction of sp³-hybridized carbons (Fsp3) is 0.154. The molecule has 0 atom stereocenters. The molecule has 0 aliphatic rings. The average Bonchev–Trinajstić information content (AvgIpc) is 2.40. The van der Waals surface area contributed by atoms with Crippen LogP contribution in [-0.2, 0) is 6.54 Å². The summed E-state index contributed by atoms with van der Waals surface area (Å²) in [7, 11) is 0. The third-order valence-corrected chi connectivity index (χ3v) is 3.81. The largest absolute Gasteiger partial charge is 0.294 e.